The van der Waals surface area contributed by atoms with E-state index < -0.39 is 0 Å². The highest BCUT2D eigenvalue weighted by Gasteiger charge is 2.09. The van der Waals surface area contributed by atoms with E-state index in [1.54, 1.807) is 6.07 Å². The van der Waals surface area contributed by atoms with Crippen molar-refractivity contribution in [2.45, 2.75) is 19.8 Å². The molecule has 0 fully saturated rings. The lowest BCUT2D eigenvalue weighted by molar-refractivity contribution is 0.471. The SMILES string of the molecule is CC(C)c1ccccc1Oc1ccccc1C#N. The molecule has 18 heavy (non-hydrogen) atoms. The molecule has 2 aromatic rings. The van der Waals surface area contributed by atoms with Gasteiger partial charge in [0.15, 0.2) is 0 Å². The molecule has 90 valence electrons. The molecule has 0 saturated carbocycles. The van der Waals surface area contributed by atoms with E-state index in [1.807, 2.05) is 36.4 Å². The van der Waals surface area contributed by atoms with Crippen molar-refractivity contribution >= 4 is 0 Å². The van der Waals surface area contributed by atoms with Crippen molar-refractivity contribution in [3.8, 4) is 17.6 Å². The first-order chi connectivity index (χ1) is 8.72. The van der Waals surface area contributed by atoms with Crippen LogP contribution in [0.2, 0.25) is 0 Å². The molecule has 0 aliphatic carbocycles. The van der Waals surface area contributed by atoms with E-state index in [0.29, 0.717) is 17.2 Å². The normalized spacial score (nSPS) is 10.1. The molecule has 0 spiro atoms. The summed E-state index contributed by atoms with van der Waals surface area (Å²) in [7, 11) is 0. The molecule has 0 amide bonds. The molecular weight excluding hydrogens is 222 g/mol. The van der Waals surface area contributed by atoms with Gasteiger partial charge < -0.3 is 4.74 Å². The van der Waals surface area contributed by atoms with Crippen molar-refractivity contribution in [1.29, 1.82) is 5.26 Å². The summed E-state index contributed by atoms with van der Waals surface area (Å²) >= 11 is 0. The molecule has 0 atom stereocenters. The van der Waals surface area contributed by atoms with Gasteiger partial charge in [0.05, 0.1) is 5.56 Å². The van der Waals surface area contributed by atoms with Crippen LogP contribution in [0.15, 0.2) is 48.5 Å². The maximum atomic E-state index is 9.04. The average molecular weight is 237 g/mol. The highest BCUT2D eigenvalue weighted by atomic mass is 16.5. The smallest absolute Gasteiger partial charge is 0.145 e. The summed E-state index contributed by atoms with van der Waals surface area (Å²) < 4.78 is 5.87. The summed E-state index contributed by atoms with van der Waals surface area (Å²) in [5, 5.41) is 9.04. The first kappa shape index (κ1) is 12.2. The third kappa shape index (κ3) is 2.52. The lowest BCUT2D eigenvalue weighted by atomic mass is 10.0. The monoisotopic (exact) mass is 237 g/mol. The average Bonchev–Trinajstić information content (AvgIpc) is 2.40. The van der Waals surface area contributed by atoms with Gasteiger partial charge in [-0.1, -0.05) is 44.2 Å². The van der Waals surface area contributed by atoms with Crippen LogP contribution in [-0.4, -0.2) is 0 Å². The van der Waals surface area contributed by atoms with Gasteiger partial charge in [-0.25, -0.2) is 0 Å². The maximum Gasteiger partial charge on any atom is 0.145 e. The van der Waals surface area contributed by atoms with Gasteiger partial charge in [0.25, 0.3) is 0 Å². The van der Waals surface area contributed by atoms with Crippen molar-refractivity contribution < 1.29 is 4.74 Å². The third-order valence-electron chi connectivity index (χ3n) is 2.77. The Hall–Kier alpha value is -2.27. The summed E-state index contributed by atoms with van der Waals surface area (Å²) in [4.78, 5) is 0. The van der Waals surface area contributed by atoms with E-state index in [9.17, 15) is 0 Å². The summed E-state index contributed by atoms with van der Waals surface area (Å²) in [5.41, 5.74) is 1.70. The Labute approximate surface area is 107 Å². The first-order valence-electron chi connectivity index (χ1n) is 5.98. The van der Waals surface area contributed by atoms with Crippen molar-refractivity contribution in [2.24, 2.45) is 0 Å². The number of rotatable bonds is 3. The fourth-order valence-corrected chi connectivity index (χ4v) is 1.82. The number of nitriles is 1. The molecule has 2 rings (SSSR count). The highest BCUT2D eigenvalue weighted by Crippen LogP contribution is 2.31. The predicted octanol–water partition coefficient (Wildman–Crippen LogP) is 4.47. The van der Waals surface area contributed by atoms with Crippen LogP contribution < -0.4 is 4.74 Å². The predicted molar refractivity (Wildman–Crippen MR) is 71.8 cm³/mol. The molecule has 0 bridgehead atoms. The standard InChI is InChI=1S/C16H15NO/c1-12(2)14-8-4-6-10-16(14)18-15-9-5-3-7-13(15)11-17/h3-10,12H,1-2H3. The molecule has 0 radical (unpaired) electrons. The Kier molecular flexibility index (Phi) is 3.64. The molecule has 0 N–H and O–H groups in total. The van der Waals surface area contributed by atoms with E-state index in [0.717, 1.165) is 11.3 Å². The number of ether oxygens (including phenoxy) is 1. The van der Waals surface area contributed by atoms with Crippen LogP contribution in [-0.2, 0) is 0 Å². The third-order valence-corrected chi connectivity index (χ3v) is 2.77. The molecule has 0 aliphatic heterocycles. The Morgan fingerprint density at radius 3 is 2.22 bits per heavy atom. The molecule has 2 aromatic carbocycles. The highest BCUT2D eigenvalue weighted by molar-refractivity contribution is 5.47. The zero-order valence-electron chi connectivity index (χ0n) is 10.6. The number of benzene rings is 2. The van der Waals surface area contributed by atoms with E-state index in [2.05, 4.69) is 26.0 Å². The van der Waals surface area contributed by atoms with Crippen molar-refractivity contribution in [1.82, 2.24) is 0 Å². The van der Waals surface area contributed by atoms with Crippen LogP contribution in [0.1, 0.15) is 30.9 Å². The van der Waals surface area contributed by atoms with Crippen LogP contribution in [0, 0.1) is 11.3 Å². The van der Waals surface area contributed by atoms with Gasteiger partial charge in [-0.2, -0.15) is 5.26 Å². The Morgan fingerprint density at radius 2 is 1.56 bits per heavy atom. The molecule has 2 heteroatoms. The van der Waals surface area contributed by atoms with Gasteiger partial charge in [0.2, 0.25) is 0 Å². The summed E-state index contributed by atoms with van der Waals surface area (Å²) in [6.07, 6.45) is 0. The van der Waals surface area contributed by atoms with Crippen LogP contribution in [0.4, 0.5) is 0 Å². The molecule has 2 nitrogen and oxygen atoms in total. The zero-order valence-corrected chi connectivity index (χ0v) is 10.6. The Balaban J connectivity index is 2.38. The van der Waals surface area contributed by atoms with E-state index in [1.165, 1.54) is 0 Å². The molecular formula is C16H15NO. The van der Waals surface area contributed by atoms with Gasteiger partial charge in [0, 0.05) is 0 Å². The summed E-state index contributed by atoms with van der Waals surface area (Å²) in [6, 6.07) is 17.3. The van der Waals surface area contributed by atoms with E-state index in [-0.39, 0.29) is 0 Å². The van der Waals surface area contributed by atoms with Gasteiger partial charge >= 0.3 is 0 Å². The van der Waals surface area contributed by atoms with Crippen LogP contribution in [0.3, 0.4) is 0 Å². The molecule has 0 heterocycles. The topological polar surface area (TPSA) is 33.0 Å². The van der Waals surface area contributed by atoms with Crippen molar-refractivity contribution in [3.05, 3.63) is 59.7 Å². The van der Waals surface area contributed by atoms with Crippen molar-refractivity contribution in [3.63, 3.8) is 0 Å². The maximum absolute atomic E-state index is 9.04. The van der Waals surface area contributed by atoms with Gasteiger partial charge in [-0.05, 0) is 29.7 Å². The Morgan fingerprint density at radius 1 is 0.944 bits per heavy atom. The number of nitrogens with zero attached hydrogens (tertiary/aromatic N) is 1. The minimum absolute atomic E-state index is 0.385. The van der Waals surface area contributed by atoms with Gasteiger partial charge in [-0.3, -0.25) is 0 Å². The lowest BCUT2D eigenvalue weighted by Crippen LogP contribution is -1.94. The number of para-hydroxylation sites is 2. The van der Waals surface area contributed by atoms with Crippen LogP contribution in [0.5, 0.6) is 11.5 Å². The second-order valence-corrected chi connectivity index (χ2v) is 4.40. The first-order valence-corrected chi connectivity index (χ1v) is 5.98. The number of hydrogen-bond acceptors (Lipinski definition) is 2. The summed E-state index contributed by atoms with van der Waals surface area (Å²) in [5.74, 6) is 1.80. The fourth-order valence-electron chi connectivity index (χ4n) is 1.82. The van der Waals surface area contributed by atoms with Crippen LogP contribution >= 0.6 is 0 Å². The largest absolute Gasteiger partial charge is 0.456 e. The van der Waals surface area contributed by atoms with Gasteiger partial charge in [0.1, 0.15) is 17.6 Å². The summed E-state index contributed by atoms with van der Waals surface area (Å²) in [6.45, 7) is 4.25. The fraction of sp³-hybridized carbons (Fsp3) is 0.188. The lowest BCUT2D eigenvalue weighted by Gasteiger charge is -2.14. The molecule has 0 saturated heterocycles. The second-order valence-electron chi connectivity index (χ2n) is 4.40. The molecule has 0 unspecified atom stereocenters. The molecule has 0 aromatic heterocycles. The second kappa shape index (κ2) is 5.37. The quantitative estimate of drug-likeness (QED) is 0.788. The van der Waals surface area contributed by atoms with E-state index >= 15 is 0 Å². The zero-order chi connectivity index (χ0) is 13.0. The van der Waals surface area contributed by atoms with Gasteiger partial charge in [-0.15, -0.1) is 0 Å². The van der Waals surface area contributed by atoms with Crippen molar-refractivity contribution in [2.75, 3.05) is 0 Å². The Bertz CT molecular complexity index is 582. The van der Waals surface area contributed by atoms with E-state index in [4.69, 9.17) is 10.00 Å². The number of hydrogen-bond donors (Lipinski definition) is 0. The minimum atomic E-state index is 0.385. The molecule has 0 aliphatic rings. The van der Waals surface area contributed by atoms with Crippen LogP contribution in [0.25, 0.3) is 0 Å². The minimum Gasteiger partial charge on any atom is -0.456 e.